The Labute approximate surface area is 155 Å². The lowest BCUT2D eigenvalue weighted by Crippen LogP contribution is -2.40. The fourth-order valence-electron chi connectivity index (χ4n) is 3.33. The summed E-state index contributed by atoms with van der Waals surface area (Å²) < 4.78 is 1.19. The molecule has 1 aliphatic rings. The number of nitrogens with zero attached hydrogens (tertiary/aromatic N) is 2. The second kappa shape index (κ2) is 7.23. The first kappa shape index (κ1) is 16.7. The number of fused-ring (bicyclic) bond motifs is 1. The maximum Gasteiger partial charge on any atom is 0.263 e. The molecule has 4 nitrogen and oxygen atoms in total. The lowest BCUT2D eigenvalue weighted by Gasteiger charge is -2.31. The number of aromatic nitrogens is 1. The maximum absolute atomic E-state index is 12.8. The molecule has 0 unspecified atom stereocenters. The fraction of sp³-hybridized carbons (Fsp3) is 0.368. The highest BCUT2D eigenvalue weighted by atomic mass is 32.1. The molecule has 1 aromatic carbocycles. The van der Waals surface area contributed by atoms with Gasteiger partial charge in [0, 0.05) is 13.1 Å². The van der Waals surface area contributed by atoms with Gasteiger partial charge in [0.25, 0.3) is 5.91 Å². The van der Waals surface area contributed by atoms with Gasteiger partial charge in [0.1, 0.15) is 5.01 Å². The van der Waals surface area contributed by atoms with Crippen molar-refractivity contribution in [3.05, 3.63) is 41.3 Å². The van der Waals surface area contributed by atoms with Crippen molar-refractivity contribution < 1.29 is 4.79 Å². The van der Waals surface area contributed by atoms with Crippen LogP contribution >= 0.6 is 22.7 Å². The van der Waals surface area contributed by atoms with E-state index >= 15 is 0 Å². The minimum atomic E-state index is 0.167. The summed E-state index contributed by atoms with van der Waals surface area (Å²) in [6.07, 6.45) is 2.17. The van der Waals surface area contributed by atoms with E-state index in [1.54, 1.807) is 22.7 Å². The monoisotopic (exact) mass is 371 g/mol. The largest absolute Gasteiger partial charge is 0.338 e. The summed E-state index contributed by atoms with van der Waals surface area (Å²) in [7, 11) is 1.99. The van der Waals surface area contributed by atoms with Crippen LogP contribution in [0.4, 0.5) is 0 Å². The number of para-hydroxylation sites is 1. The predicted octanol–water partition coefficient (Wildman–Crippen LogP) is 4.10. The van der Waals surface area contributed by atoms with Crippen molar-refractivity contribution in [1.82, 2.24) is 15.2 Å². The van der Waals surface area contributed by atoms with Crippen LogP contribution in [0.5, 0.6) is 0 Å². The van der Waals surface area contributed by atoms with Crippen molar-refractivity contribution in [3.63, 3.8) is 0 Å². The number of hydrogen-bond acceptors (Lipinski definition) is 5. The second-order valence-electron chi connectivity index (χ2n) is 6.44. The molecule has 1 amide bonds. The van der Waals surface area contributed by atoms with Crippen molar-refractivity contribution >= 4 is 38.8 Å². The molecule has 1 N–H and O–H groups in total. The molecule has 1 saturated heterocycles. The smallest absolute Gasteiger partial charge is 0.263 e. The molecule has 0 atom stereocenters. The van der Waals surface area contributed by atoms with Crippen molar-refractivity contribution in [2.24, 2.45) is 5.92 Å². The third kappa shape index (κ3) is 3.47. The van der Waals surface area contributed by atoms with E-state index in [-0.39, 0.29) is 5.91 Å². The van der Waals surface area contributed by atoms with Gasteiger partial charge in [-0.15, -0.1) is 22.7 Å². The van der Waals surface area contributed by atoms with Gasteiger partial charge in [-0.25, -0.2) is 4.98 Å². The van der Waals surface area contributed by atoms with Crippen LogP contribution in [0.2, 0.25) is 0 Å². The van der Waals surface area contributed by atoms with Gasteiger partial charge in [-0.05, 0) is 56.6 Å². The van der Waals surface area contributed by atoms with Gasteiger partial charge in [0.05, 0.1) is 20.0 Å². The first-order valence-corrected chi connectivity index (χ1v) is 10.3. The molecule has 0 bridgehead atoms. The Morgan fingerprint density at radius 3 is 2.76 bits per heavy atom. The minimum Gasteiger partial charge on any atom is -0.338 e. The van der Waals surface area contributed by atoms with Gasteiger partial charge in [-0.1, -0.05) is 12.1 Å². The Morgan fingerprint density at radius 2 is 2.00 bits per heavy atom. The van der Waals surface area contributed by atoms with Crippen LogP contribution in [-0.4, -0.2) is 42.5 Å². The topological polar surface area (TPSA) is 45.2 Å². The average Bonchev–Trinajstić information content (AvgIpc) is 3.29. The first-order valence-electron chi connectivity index (χ1n) is 8.64. The number of amides is 1. The third-order valence-corrected chi connectivity index (χ3v) is 6.99. The number of benzene rings is 1. The molecule has 1 aliphatic heterocycles. The highest BCUT2D eigenvalue weighted by Gasteiger charge is 2.24. The molecule has 3 aromatic rings. The standard InChI is InChI=1S/C19H21N3OS2/c1-20-12-13-8-10-22(11-9-13)19(23)17-7-6-16(24-17)18-21-14-4-2-3-5-15(14)25-18/h2-7,13,20H,8-12H2,1H3. The summed E-state index contributed by atoms with van der Waals surface area (Å²) in [4.78, 5) is 21.4. The van der Waals surface area contributed by atoms with Crippen molar-refractivity contribution in [1.29, 1.82) is 0 Å². The molecule has 0 aliphatic carbocycles. The van der Waals surface area contributed by atoms with Gasteiger partial charge in [-0.2, -0.15) is 0 Å². The summed E-state index contributed by atoms with van der Waals surface area (Å²) in [6, 6.07) is 12.1. The number of carbonyl (C=O) groups is 1. The van der Waals surface area contributed by atoms with E-state index in [4.69, 9.17) is 4.98 Å². The number of piperidine rings is 1. The van der Waals surface area contributed by atoms with E-state index in [2.05, 4.69) is 11.4 Å². The Morgan fingerprint density at radius 1 is 1.20 bits per heavy atom. The van der Waals surface area contributed by atoms with Gasteiger partial charge >= 0.3 is 0 Å². The van der Waals surface area contributed by atoms with Crippen LogP contribution in [0.1, 0.15) is 22.5 Å². The number of thiazole rings is 1. The molecule has 25 heavy (non-hydrogen) atoms. The summed E-state index contributed by atoms with van der Waals surface area (Å²) in [5.41, 5.74) is 1.02. The SMILES string of the molecule is CNCC1CCN(C(=O)c2ccc(-c3nc4ccccc4s3)s2)CC1. The van der Waals surface area contributed by atoms with Crippen LogP contribution in [0, 0.1) is 5.92 Å². The van der Waals surface area contributed by atoms with Gasteiger partial charge < -0.3 is 10.2 Å². The van der Waals surface area contributed by atoms with Crippen molar-refractivity contribution in [2.45, 2.75) is 12.8 Å². The van der Waals surface area contributed by atoms with Crippen molar-refractivity contribution in [2.75, 3.05) is 26.7 Å². The quantitative estimate of drug-likeness (QED) is 0.751. The number of carbonyl (C=O) groups excluding carboxylic acids is 1. The maximum atomic E-state index is 12.8. The van der Waals surface area contributed by atoms with E-state index < -0.39 is 0 Å². The number of nitrogens with one attached hydrogen (secondary N) is 1. The molecule has 4 rings (SSSR count). The Kier molecular flexibility index (Phi) is 4.83. The Hall–Kier alpha value is -1.76. The van der Waals surface area contributed by atoms with Crippen LogP contribution in [0.25, 0.3) is 20.1 Å². The van der Waals surface area contributed by atoms with Gasteiger partial charge in [0.15, 0.2) is 0 Å². The molecule has 1 fully saturated rings. The summed E-state index contributed by atoms with van der Waals surface area (Å²) >= 11 is 3.24. The zero-order valence-corrected chi connectivity index (χ0v) is 15.8. The minimum absolute atomic E-state index is 0.167. The van der Waals surface area contributed by atoms with Crippen LogP contribution in [-0.2, 0) is 0 Å². The molecule has 0 spiro atoms. The van der Waals surface area contributed by atoms with E-state index in [9.17, 15) is 4.79 Å². The number of hydrogen-bond donors (Lipinski definition) is 1. The zero-order chi connectivity index (χ0) is 17.2. The number of likely N-dealkylation sites (tertiary alicyclic amines) is 1. The summed E-state index contributed by atoms with van der Waals surface area (Å²) in [6.45, 7) is 2.77. The molecule has 0 saturated carbocycles. The van der Waals surface area contributed by atoms with Crippen LogP contribution in [0.15, 0.2) is 36.4 Å². The van der Waals surface area contributed by atoms with Crippen molar-refractivity contribution in [3.8, 4) is 9.88 Å². The lowest BCUT2D eigenvalue weighted by atomic mass is 9.97. The summed E-state index contributed by atoms with van der Waals surface area (Å²) in [5.74, 6) is 0.857. The molecule has 0 radical (unpaired) electrons. The average molecular weight is 372 g/mol. The van der Waals surface area contributed by atoms with E-state index in [0.717, 1.165) is 52.8 Å². The van der Waals surface area contributed by atoms with Gasteiger partial charge in [-0.3, -0.25) is 4.79 Å². The highest BCUT2D eigenvalue weighted by molar-refractivity contribution is 7.26. The van der Waals surface area contributed by atoms with E-state index in [1.165, 1.54) is 4.70 Å². The summed E-state index contributed by atoms with van der Waals surface area (Å²) in [5, 5.41) is 4.24. The predicted molar refractivity (Wildman–Crippen MR) is 105 cm³/mol. The Balaban J connectivity index is 1.48. The third-order valence-electron chi connectivity index (χ3n) is 4.72. The normalized spacial score (nSPS) is 15.8. The highest BCUT2D eigenvalue weighted by Crippen LogP contribution is 2.35. The zero-order valence-electron chi connectivity index (χ0n) is 14.2. The van der Waals surface area contributed by atoms with E-state index in [0.29, 0.717) is 5.92 Å². The fourth-order valence-corrected chi connectivity index (χ4v) is 5.32. The molecular weight excluding hydrogens is 350 g/mol. The molecule has 3 heterocycles. The molecular formula is C19H21N3OS2. The second-order valence-corrected chi connectivity index (χ2v) is 8.56. The molecule has 6 heteroatoms. The number of rotatable bonds is 4. The number of thiophene rings is 1. The molecule has 130 valence electrons. The van der Waals surface area contributed by atoms with E-state index in [1.807, 2.05) is 42.3 Å². The first-order chi connectivity index (χ1) is 12.2. The van der Waals surface area contributed by atoms with Crippen LogP contribution < -0.4 is 5.32 Å². The molecule has 2 aromatic heterocycles. The van der Waals surface area contributed by atoms with Crippen LogP contribution in [0.3, 0.4) is 0 Å². The van der Waals surface area contributed by atoms with Gasteiger partial charge in [0.2, 0.25) is 0 Å². The lowest BCUT2D eigenvalue weighted by molar-refractivity contribution is 0.0696. The Bertz CT molecular complexity index is 845.